The topological polar surface area (TPSA) is 12.5 Å². The van der Waals surface area contributed by atoms with Gasteiger partial charge in [-0.05, 0) is 38.0 Å². The van der Waals surface area contributed by atoms with Gasteiger partial charge in [0.05, 0.1) is 12.2 Å². The molecule has 2 rings (SSSR count). The third-order valence-electron chi connectivity index (χ3n) is 3.10. The molecule has 2 atom stereocenters. The van der Waals surface area contributed by atoms with Gasteiger partial charge in [0.15, 0.2) is 0 Å². The predicted molar refractivity (Wildman–Crippen MR) is 74.3 cm³/mol. The van der Waals surface area contributed by atoms with Crippen LogP contribution in [0.15, 0.2) is 28.7 Å². The summed E-state index contributed by atoms with van der Waals surface area (Å²) in [5, 5.41) is 0. The predicted octanol–water partition coefficient (Wildman–Crippen LogP) is 3.10. The maximum Gasteiger partial charge on any atom is 0.0678 e. The highest BCUT2D eigenvalue weighted by atomic mass is 79.9. The highest BCUT2D eigenvalue weighted by molar-refractivity contribution is 9.10. The van der Waals surface area contributed by atoms with Crippen molar-refractivity contribution in [2.45, 2.75) is 32.5 Å². The van der Waals surface area contributed by atoms with Gasteiger partial charge in [0, 0.05) is 24.1 Å². The number of ether oxygens (including phenoxy) is 1. The number of halogens is 1. The van der Waals surface area contributed by atoms with Crippen molar-refractivity contribution in [3.05, 3.63) is 34.3 Å². The lowest BCUT2D eigenvalue weighted by Crippen LogP contribution is -2.46. The van der Waals surface area contributed by atoms with E-state index in [-0.39, 0.29) is 0 Å². The highest BCUT2D eigenvalue weighted by Gasteiger charge is 2.21. The van der Waals surface area contributed by atoms with Crippen LogP contribution in [0.4, 0.5) is 0 Å². The van der Waals surface area contributed by atoms with Crippen LogP contribution in [0.1, 0.15) is 19.4 Å². The van der Waals surface area contributed by atoms with Crippen LogP contribution in [0.3, 0.4) is 0 Å². The molecule has 0 radical (unpaired) electrons. The molecule has 2 unspecified atom stereocenters. The van der Waals surface area contributed by atoms with Gasteiger partial charge >= 0.3 is 0 Å². The molecule has 1 aliphatic heterocycles. The zero-order chi connectivity index (χ0) is 12.3. The first-order chi connectivity index (χ1) is 8.13. The standard InChI is InChI=1S/C14H20BrNO/c1-11-9-16(10-12(2)17-11)7-6-13-4-3-5-14(15)8-13/h3-5,8,11-12H,6-7,9-10H2,1-2H3. The Morgan fingerprint density at radius 3 is 2.65 bits per heavy atom. The molecule has 0 aliphatic carbocycles. The summed E-state index contributed by atoms with van der Waals surface area (Å²) in [4.78, 5) is 2.50. The molecule has 0 aromatic heterocycles. The van der Waals surface area contributed by atoms with E-state index in [2.05, 4.69) is 58.9 Å². The Morgan fingerprint density at radius 1 is 1.29 bits per heavy atom. The van der Waals surface area contributed by atoms with E-state index in [4.69, 9.17) is 4.74 Å². The summed E-state index contributed by atoms with van der Waals surface area (Å²) >= 11 is 3.51. The van der Waals surface area contributed by atoms with Gasteiger partial charge in [0.25, 0.3) is 0 Å². The van der Waals surface area contributed by atoms with E-state index >= 15 is 0 Å². The molecule has 3 heteroatoms. The maximum atomic E-state index is 5.74. The van der Waals surface area contributed by atoms with Crippen molar-refractivity contribution in [3.8, 4) is 0 Å². The third-order valence-corrected chi connectivity index (χ3v) is 3.59. The molecule has 1 aliphatic rings. The quantitative estimate of drug-likeness (QED) is 0.850. The fourth-order valence-electron chi connectivity index (χ4n) is 2.45. The van der Waals surface area contributed by atoms with Crippen LogP contribution in [0, 0.1) is 0 Å². The highest BCUT2D eigenvalue weighted by Crippen LogP contribution is 2.14. The van der Waals surface area contributed by atoms with Crippen molar-refractivity contribution in [1.82, 2.24) is 4.90 Å². The van der Waals surface area contributed by atoms with Crippen molar-refractivity contribution in [2.24, 2.45) is 0 Å². The summed E-state index contributed by atoms with van der Waals surface area (Å²) in [7, 11) is 0. The van der Waals surface area contributed by atoms with Crippen molar-refractivity contribution < 1.29 is 4.74 Å². The average molecular weight is 298 g/mol. The normalized spacial score (nSPS) is 26.1. The van der Waals surface area contributed by atoms with Crippen molar-refractivity contribution >= 4 is 15.9 Å². The monoisotopic (exact) mass is 297 g/mol. The molecule has 0 amide bonds. The van der Waals surface area contributed by atoms with Crippen molar-refractivity contribution in [3.63, 3.8) is 0 Å². The van der Waals surface area contributed by atoms with E-state index in [1.165, 1.54) is 10.0 Å². The molecule has 0 spiro atoms. The Morgan fingerprint density at radius 2 is 2.00 bits per heavy atom. The van der Waals surface area contributed by atoms with Gasteiger partial charge in [-0.25, -0.2) is 0 Å². The molecule has 17 heavy (non-hydrogen) atoms. The van der Waals surface area contributed by atoms with E-state index in [0.717, 1.165) is 26.1 Å². The smallest absolute Gasteiger partial charge is 0.0678 e. The largest absolute Gasteiger partial charge is 0.373 e. The first-order valence-electron chi connectivity index (χ1n) is 6.26. The molecule has 0 saturated carbocycles. The van der Waals surface area contributed by atoms with Gasteiger partial charge in [-0.2, -0.15) is 0 Å². The molecule has 94 valence electrons. The van der Waals surface area contributed by atoms with Gasteiger partial charge in [0.2, 0.25) is 0 Å². The summed E-state index contributed by atoms with van der Waals surface area (Å²) < 4.78 is 6.90. The Hall–Kier alpha value is -0.380. The van der Waals surface area contributed by atoms with Gasteiger partial charge in [-0.1, -0.05) is 28.1 Å². The number of nitrogens with zero attached hydrogens (tertiary/aromatic N) is 1. The van der Waals surface area contributed by atoms with Gasteiger partial charge < -0.3 is 4.74 Å². The van der Waals surface area contributed by atoms with Crippen LogP contribution >= 0.6 is 15.9 Å². The lowest BCUT2D eigenvalue weighted by atomic mass is 10.1. The van der Waals surface area contributed by atoms with Crippen molar-refractivity contribution in [2.75, 3.05) is 19.6 Å². The van der Waals surface area contributed by atoms with E-state index in [1.807, 2.05) is 0 Å². The Labute approximate surface area is 112 Å². The zero-order valence-corrected chi connectivity index (χ0v) is 12.1. The number of hydrogen-bond acceptors (Lipinski definition) is 2. The molecule has 2 nitrogen and oxygen atoms in total. The second kappa shape index (κ2) is 5.98. The summed E-state index contributed by atoms with van der Waals surface area (Å²) in [6, 6.07) is 8.57. The van der Waals surface area contributed by atoms with E-state index in [0.29, 0.717) is 12.2 Å². The fourth-order valence-corrected chi connectivity index (χ4v) is 2.89. The van der Waals surface area contributed by atoms with Crippen LogP contribution in [0.25, 0.3) is 0 Å². The number of benzene rings is 1. The molecule has 1 saturated heterocycles. The summed E-state index contributed by atoms with van der Waals surface area (Å²) in [6.07, 6.45) is 1.83. The second-order valence-electron chi connectivity index (χ2n) is 4.90. The first kappa shape index (κ1) is 13.1. The molecule has 1 fully saturated rings. The van der Waals surface area contributed by atoms with Gasteiger partial charge in [0.1, 0.15) is 0 Å². The number of hydrogen-bond donors (Lipinski definition) is 0. The summed E-state index contributed by atoms with van der Waals surface area (Å²) in [5.41, 5.74) is 1.39. The Bertz CT molecular complexity index is 359. The molecule has 0 bridgehead atoms. The zero-order valence-electron chi connectivity index (χ0n) is 10.5. The van der Waals surface area contributed by atoms with E-state index in [9.17, 15) is 0 Å². The molecular formula is C14H20BrNO. The third kappa shape index (κ3) is 4.09. The maximum absolute atomic E-state index is 5.74. The molecule has 1 aromatic rings. The Balaban J connectivity index is 1.85. The van der Waals surface area contributed by atoms with E-state index < -0.39 is 0 Å². The summed E-state index contributed by atoms with van der Waals surface area (Å²) in [5.74, 6) is 0. The van der Waals surface area contributed by atoms with E-state index in [1.54, 1.807) is 0 Å². The van der Waals surface area contributed by atoms with Crippen LogP contribution in [0.5, 0.6) is 0 Å². The van der Waals surface area contributed by atoms with Crippen LogP contribution in [0.2, 0.25) is 0 Å². The molecule has 1 heterocycles. The van der Waals surface area contributed by atoms with Crippen LogP contribution in [-0.2, 0) is 11.2 Å². The SMILES string of the molecule is CC1CN(CCc2cccc(Br)c2)CC(C)O1. The number of morpholine rings is 1. The minimum absolute atomic E-state index is 0.362. The average Bonchev–Trinajstić information content (AvgIpc) is 2.25. The fraction of sp³-hybridized carbons (Fsp3) is 0.571. The van der Waals surface area contributed by atoms with Gasteiger partial charge in [-0.15, -0.1) is 0 Å². The van der Waals surface area contributed by atoms with Crippen LogP contribution < -0.4 is 0 Å². The lowest BCUT2D eigenvalue weighted by Gasteiger charge is -2.35. The molecule has 1 aromatic carbocycles. The summed E-state index contributed by atoms with van der Waals surface area (Å²) in [6.45, 7) is 7.54. The Kier molecular flexibility index (Phi) is 4.60. The second-order valence-corrected chi connectivity index (χ2v) is 5.81. The lowest BCUT2D eigenvalue weighted by molar-refractivity contribution is -0.0675. The number of rotatable bonds is 3. The minimum Gasteiger partial charge on any atom is -0.373 e. The van der Waals surface area contributed by atoms with Crippen molar-refractivity contribution in [1.29, 1.82) is 0 Å². The minimum atomic E-state index is 0.362. The molecule has 0 N–H and O–H groups in total. The first-order valence-corrected chi connectivity index (χ1v) is 7.05. The van der Waals surface area contributed by atoms with Crippen LogP contribution in [-0.4, -0.2) is 36.7 Å². The molecular weight excluding hydrogens is 278 g/mol. The van der Waals surface area contributed by atoms with Gasteiger partial charge in [-0.3, -0.25) is 4.90 Å².